The van der Waals surface area contributed by atoms with E-state index in [2.05, 4.69) is 6.58 Å². The van der Waals surface area contributed by atoms with E-state index in [1.807, 2.05) is 6.92 Å². The van der Waals surface area contributed by atoms with Crippen LogP contribution in [0.4, 0.5) is 0 Å². The number of thioether (sulfide) groups is 1. The number of carbonyl (C=O) groups excluding carboxylic acids is 1. The third-order valence-electron chi connectivity index (χ3n) is 1.23. The summed E-state index contributed by atoms with van der Waals surface area (Å²) < 4.78 is 0.623. The van der Waals surface area contributed by atoms with Gasteiger partial charge in [-0.05, 0) is 6.92 Å². The Morgan fingerprint density at radius 2 is 2.40 bits per heavy atom. The van der Waals surface area contributed by atoms with Crippen molar-refractivity contribution in [2.75, 3.05) is 6.54 Å². The summed E-state index contributed by atoms with van der Waals surface area (Å²) in [5.41, 5.74) is 0. The molecule has 0 radical (unpaired) electrons. The van der Waals surface area contributed by atoms with Gasteiger partial charge in [0.2, 0.25) is 0 Å². The highest BCUT2D eigenvalue weighted by atomic mass is 32.2. The van der Waals surface area contributed by atoms with Gasteiger partial charge in [-0.2, -0.15) is 0 Å². The van der Waals surface area contributed by atoms with E-state index in [0.717, 1.165) is 0 Å². The lowest BCUT2D eigenvalue weighted by Gasteiger charge is -2.09. The second-order valence-corrected chi connectivity index (χ2v) is 3.57. The molecule has 2 nitrogen and oxygen atoms in total. The molecule has 1 rings (SSSR count). The smallest absolute Gasteiger partial charge is 0.265 e. The van der Waals surface area contributed by atoms with Crippen molar-refractivity contribution in [3.05, 3.63) is 11.5 Å². The van der Waals surface area contributed by atoms with E-state index in [1.54, 1.807) is 4.90 Å². The largest absolute Gasteiger partial charge is 0.293 e. The number of rotatable bonds is 1. The minimum absolute atomic E-state index is 0.0440. The lowest BCUT2D eigenvalue weighted by molar-refractivity contribution is -0.122. The molecule has 1 amide bonds. The van der Waals surface area contributed by atoms with Gasteiger partial charge in [0.05, 0.1) is 4.91 Å². The molecule has 0 spiro atoms. The average Bonchev–Trinajstić information content (AvgIpc) is 2.09. The van der Waals surface area contributed by atoms with E-state index in [-0.39, 0.29) is 5.91 Å². The van der Waals surface area contributed by atoms with Gasteiger partial charge >= 0.3 is 0 Å². The van der Waals surface area contributed by atoms with Crippen LogP contribution in [0.25, 0.3) is 0 Å². The Labute approximate surface area is 69.3 Å². The molecule has 1 heterocycles. The molecule has 0 aromatic rings. The lowest BCUT2D eigenvalue weighted by atomic mass is 10.5. The van der Waals surface area contributed by atoms with E-state index >= 15 is 0 Å². The molecule has 0 aromatic heterocycles. The lowest BCUT2D eigenvalue weighted by Crippen LogP contribution is -2.27. The first-order chi connectivity index (χ1) is 4.66. The molecule has 10 heavy (non-hydrogen) atoms. The van der Waals surface area contributed by atoms with Gasteiger partial charge in [0, 0.05) is 6.54 Å². The zero-order valence-electron chi connectivity index (χ0n) is 5.59. The van der Waals surface area contributed by atoms with Crippen LogP contribution in [-0.4, -0.2) is 21.7 Å². The number of thiocarbonyl (C=S) groups is 1. The fraction of sp³-hybridized carbons (Fsp3) is 0.333. The van der Waals surface area contributed by atoms with Crippen molar-refractivity contribution in [2.24, 2.45) is 0 Å². The van der Waals surface area contributed by atoms with E-state index in [4.69, 9.17) is 12.2 Å². The van der Waals surface area contributed by atoms with Gasteiger partial charge in [0.15, 0.2) is 0 Å². The van der Waals surface area contributed by atoms with Crippen LogP contribution in [-0.2, 0) is 4.79 Å². The highest BCUT2D eigenvalue weighted by Gasteiger charge is 2.28. The first-order valence-electron chi connectivity index (χ1n) is 2.89. The predicted octanol–water partition coefficient (Wildman–Crippen LogP) is 1.38. The standard InChI is InChI=1S/C6H7NOS2/c1-3-7-5(8)4(2)10-6(7)9/h2-3H2,1H3. The number of amides is 1. The molecule has 54 valence electrons. The second kappa shape index (κ2) is 2.72. The Balaban J connectivity index is 2.84. The summed E-state index contributed by atoms with van der Waals surface area (Å²) in [6.07, 6.45) is 0. The van der Waals surface area contributed by atoms with E-state index < -0.39 is 0 Å². The molecule has 0 unspecified atom stereocenters. The molecule has 1 aliphatic rings. The highest BCUT2D eigenvalue weighted by Crippen LogP contribution is 2.28. The molecule has 0 aliphatic carbocycles. The zero-order chi connectivity index (χ0) is 7.72. The molecular formula is C6H7NOS2. The van der Waals surface area contributed by atoms with Crippen molar-refractivity contribution < 1.29 is 4.79 Å². The van der Waals surface area contributed by atoms with Crippen LogP contribution in [0.5, 0.6) is 0 Å². The third-order valence-corrected chi connectivity index (χ3v) is 2.52. The number of nitrogens with zero attached hydrogens (tertiary/aromatic N) is 1. The monoisotopic (exact) mass is 173 g/mol. The normalized spacial score (nSPS) is 18.9. The van der Waals surface area contributed by atoms with E-state index in [1.165, 1.54) is 11.8 Å². The van der Waals surface area contributed by atoms with Crippen LogP contribution >= 0.6 is 24.0 Å². The molecule has 0 aromatic carbocycles. The van der Waals surface area contributed by atoms with Gasteiger partial charge in [0.25, 0.3) is 5.91 Å². The van der Waals surface area contributed by atoms with Crippen molar-refractivity contribution in [2.45, 2.75) is 6.92 Å². The van der Waals surface area contributed by atoms with Crippen LogP contribution in [0.3, 0.4) is 0 Å². The third kappa shape index (κ3) is 1.09. The van der Waals surface area contributed by atoms with Gasteiger partial charge in [-0.3, -0.25) is 9.69 Å². The van der Waals surface area contributed by atoms with Crippen molar-refractivity contribution in [1.29, 1.82) is 0 Å². The van der Waals surface area contributed by atoms with Gasteiger partial charge < -0.3 is 0 Å². The number of hydrogen-bond donors (Lipinski definition) is 0. The first-order valence-corrected chi connectivity index (χ1v) is 4.12. The van der Waals surface area contributed by atoms with Crippen molar-refractivity contribution in [1.82, 2.24) is 4.90 Å². The molecule has 4 heteroatoms. The first kappa shape index (κ1) is 7.75. The predicted molar refractivity (Wildman–Crippen MR) is 46.7 cm³/mol. The molecule has 0 atom stereocenters. The Kier molecular flexibility index (Phi) is 2.11. The topological polar surface area (TPSA) is 20.3 Å². The average molecular weight is 173 g/mol. The van der Waals surface area contributed by atoms with Crippen LogP contribution in [0.2, 0.25) is 0 Å². The van der Waals surface area contributed by atoms with Crippen molar-refractivity contribution >= 4 is 34.2 Å². The van der Waals surface area contributed by atoms with Gasteiger partial charge in [-0.25, -0.2) is 0 Å². The fourth-order valence-electron chi connectivity index (χ4n) is 0.710. The highest BCUT2D eigenvalue weighted by molar-refractivity contribution is 8.26. The Morgan fingerprint density at radius 3 is 2.60 bits per heavy atom. The van der Waals surface area contributed by atoms with Gasteiger partial charge in [-0.1, -0.05) is 30.6 Å². The summed E-state index contributed by atoms with van der Waals surface area (Å²) in [4.78, 5) is 13.1. The minimum Gasteiger partial charge on any atom is -0.293 e. The summed E-state index contributed by atoms with van der Waals surface area (Å²) in [5.74, 6) is -0.0440. The fourth-order valence-corrected chi connectivity index (χ4v) is 1.95. The summed E-state index contributed by atoms with van der Waals surface area (Å²) in [7, 11) is 0. The number of likely N-dealkylation sites (N-methyl/N-ethyl adjacent to an activating group) is 1. The Morgan fingerprint density at radius 1 is 1.80 bits per heavy atom. The minimum atomic E-state index is -0.0440. The summed E-state index contributed by atoms with van der Waals surface area (Å²) >= 11 is 6.18. The molecule has 0 N–H and O–H groups in total. The molecular weight excluding hydrogens is 166 g/mol. The maximum absolute atomic E-state index is 11.1. The summed E-state index contributed by atoms with van der Waals surface area (Å²) in [6.45, 7) is 6.10. The van der Waals surface area contributed by atoms with E-state index in [0.29, 0.717) is 15.8 Å². The molecule has 1 saturated heterocycles. The number of hydrogen-bond acceptors (Lipinski definition) is 3. The number of carbonyl (C=O) groups is 1. The van der Waals surface area contributed by atoms with Gasteiger partial charge in [-0.15, -0.1) is 0 Å². The summed E-state index contributed by atoms with van der Waals surface area (Å²) in [6, 6.07) is 0. The van der Waals surface area contributed by atoms with Gasteiger partial charge in [0.1, 0.15) is 4.32 Å². The maximum Gasteiger partial charge on any atom is 0.265 e. The molecule has 0 saturated carbocycles. The SMILES string of the molecule is C=C1SC(=S)N(CC)C1=O. The quantitative estimate of drug-likeness (QED) is 0.441. The van der Waals surface area contributed by atoms with Crippen molar-refractivity contribution in [3.8, 4) is 0 Å². The van der Waals surface area contributed by atoms with E-state index in [9.17, 15) is 4.79 Å². The molecule has 1 aliphatic heterocycles. The Hall–Kier alpha value is -0.350. The second-order valence-electron chi connectivity index (χ2n) is 1.84. The van der Waals surface area contributed by atoms with Crippen molar-refractivity contribution in [3.63, 3.8) is 0 Å². The maximum atomic E-state index is 11.1. The van der Waals surface area contributed by atoms with Crippen LogP contribution in [0, 0.1) is 0 Å². The zero-order valence-corrected chi connectivity index (χ0v) is 7.22. The molecule has 1 fully saturated rings. The van der Waals surface area contributed by atoms with Crippen LogP contribution < -0.4 is 0 Å². The molecule has 0 bridgehead atoms. The van der Waals surface area contributed by atoms with Crippen LogP contribution in [0.15, 0.2) is 11.5 Å². The van der Waals surface area contributed by atoms with Crippen LogP contribution in [0.1, 0.15) is 6.92 Å². The Bertz CT molecular complexity index is 212. The summed E-state index contributed by atoms with van der Waals surface area (Å²) in [5, 5.41) is 0.